The number of hydrogen-bond acceptors (Lipinski definition) is 4. The molecule has 0 aliphatic carbocycles. The van der Waals surface area contributed by atoms with Crippen molar-refractivity contribution in [2.24, 2.45) is 0 Å². The van der Waals surface area contributed by atoms with Gasteiger partial charge in [-0.3, -0.25) is 9.89 Å². The fraction of sp³-hybridized carbons (Fsp3) is 0.727. The highest BCUT2D eigenvalue weighted by Crippen LogP contribution is 2.19. The van der Waals surface area contributed by atoms with E-state index in [0.717, 1.165) is 25.1 Å². The number of aryl methyl sites for hydroxylation is 1. The summed E-state index contributed by atoms with van der Waals surface area (Å²) >= 11 is 0. The molecule has 1 N–H and O–H groups in total. The summed E-state index contributed by atoms with van der Waals surface area (Å²) in [6, 6.07) is 0. The topological polar surface area (TPSA) is 67.9 Å². The minimum absolute atomic E-state index is 0.231. The molecular weight excluding hydrogens is 206 g/mol. The van der Waals surface area contributed by atoms with Crippen molar-refractivity contribution in [3.63, 3.8) is 0 Å². The maximum atomic E-state index is 11.7. The summed E-state index contributed by atoms with van der Waals surface area (Å²) in [7, 11) is 0. The van der Waals surface area contributed by atoms with Crippen LogP contribution in [0, 0.1) is 0 Å². The molecule has 0 spiro atoms. The van der Waals surface area contributed by atoms with Crippen LogP contribution in [-0.4, -0.2) is 27.8 Å². The van der Waals surface area contributed by atoms with Gasteiger partial charge in [0.15, 0.2) is 5.82 Å². The number of aromatic amines is 1. The monoisotopic (exact) mass is 225 g/mol. The van der Waals surface area contributed by atoms with E-state index in [1.54, 1.807) is 6.92 Å². The second-order valence-electron chi connectivity index (χ2n) is 3.59. The first-order chi connectivity index (χ1) is 7.72. The summed E-state index contributed by atoms with van der Waals surface area (Å²) in [6.07, 6.45) is 2.41. The van der Waals surface area contributed by atoms with Crippen molar-refractivity contribution < 1.29 is 9.53 Å². The van der Waals surface area contributed by atoms with E-state index < -0.39 is 0 Å². The number of carbonyl (C=O) groups is 1. The molecule has 5 heteroatoms. The molecule has 0 radical (unpaired) electrons. The third-order valence-corrected chi connectivity index (χ3v) is 2.34. The first kappa shape index (κ1) is 12.7. The Morgan fingerprint density at radius 2 is 2.19 bits per heavy atom. The molecule has 0 aromatic carbocycles. The normalized spacial score (nSPS) is 12.4. The fourth-order valence-corrected chi connectivity index (χ4v) is 1.51. The second-order valence-corrected chi connectivity index (χ2v) is 3.59. The Morgan fingerprint density at radius 1 is 1.44 bits per heavy atom. The van der Waals surface area contributed by atoms with E-state index in [9.17, 15) is 4.79 Å². The molecule has 1 heterocycles. The average Bonchev–Trinajstić information content (AvgIpc) is 2.74. The predicted octanol–water partition coefficient (Wildman–Crippen LogP) is 1.81. The van der Waals surface area contributed by atoms with Crippen molar-refractivity contribution in [2.75, 3.05) is 6.61 Å². The van der Waals surface area contributed by atoms with Crippen molar-refractivity contribution in [1.29, 1.82) is 0 Å². The van der Waals surface area contributed by atoms with Crippen LogP contribution in [0.5, 0.6) is 0 Å². The van der Waals surface area contributed by atoms with Gasteiger partial charge < -0.3 is 4.74 Å². The molecule has 0 saturated heterocycles. The molecule has 0 bridgehead atoms. The van der Waals surface area contributed by atoms with Gasteiger partial charge in [-0.2, -0.15) is 5.10 Å². The number of ether oxygens (including phenoxy) is 1. The summed E-state index contributed by atoms with van der Waals surface area (Å²) in [4.78, 5) is 16.0. The maximum Gasteiger partial charge on any atom is 0.316 e. The van der Waals surface area contributed by atoms with E-state index in [2.05, 4.69) is 15.2 Å². The summed E-state index contributed by atoms with van der Waals surface area (Å²) in [5.41, 5.74) is 0. The predicted molar refractivity (Wildman–Crippen MR) is 60.0 cm³/mol. The molecule has 0 aliphatic rings. The van der Waals surface area contributed by atoms with Crippen LogP contribution in [0.1, 0.15) is 51.2 Å². The third kappa shape index (κ3) is 3.05. The molecule has 1 aromatic heterocycles. The first-order valence-electron chi connectivity index (χ1n) is 5.80. The highest BCUT2D eigenvalue weighted by Gasteiger charge is 2.25. The lowest BCUT2D eigenvalue weighted by Crippen LogP contribution is -2.17. The van der Waals surface area contributed by atoms with Gasteiger partial charge >= 0.3 is 5.97 Å². The molecule has 90 valence electrons. The van der Waals surface area contributed by atoms with Gasteiger partial charge in [-0.25, -0.2) is 4.98 Å². The zero-order valence-electron chi connectivity index (χ0n) is 10.1. The summed E-state index contributed by atoms with van der Waals surface area (Å²) in [6.45, 7) is 6.21. The van der Waals surface area contributed by atoms with Crippen LogP contribution in [0.3, 0.4) is 0 Å². The zero-order valence-corrected chi connectivity index (χ0v) is 10.1. The average molecular weight is 225 g/mol. The SMILES string of the molecule is CCCC(C(=O)OCC)c1n[nH]c(CC)n1. The van der Waals surface area contributed by atoms with Crippen LogP contribution in [0.2, 0.25) is 0 Å². The number of carbonyl (C=O) groups excluding carboxylic acids is 1. The van der Waals surface area contributed by atoms with E-state index in [1.807, 2.05) is 13.8 Å². The molecule has 1 unspecified atom stereocenters. The molecule has 0 saturated carbocycles. The van der Waals surface area contributed by atoms with Crippen LogP contribution in [0.15, 0.2) is 0 Å². The summed E-state index contributed by atoms with van der Waals surface area (Å²) in [5.74, 6) is 0.796. The second kappa shape index (κ2) is 6.25. The number of H-pyrrole nitrogens is 1. The molecule has 0 aliphatic heterocycles. The van der Waals surface area contributed by atoms with Crippen LogP contribution in [-0.2, 0) is 16.0 Å². The zero-order chi connectivity index (χ0) is 12.0. The van der Waals surface area contributed by atoms with Crippen molar-refractivity contribution in [3.8, 4) is 0 Å². The van der Waals surface area contributed by atoms with Gasteiger partial charge in [0.05, 0.1) is 6.61 Å². The Morgan fingerprint density at radius 3 is 2.69 bits per heavy atom. The molecule has 0 fully saturated rings. The highest BCUT2D eigenvalue weighted by atomic mass is 16.5. The van der Waals surface area contributed by atoms with Gasteiger partial charge in [-0.15, -0.1) is 0 Å². The van der Waals surface area contributed by atoms with Crippen molar-refractivity contribution in [3.05, 3.63) is 11.6 Å². The molecular formula is C11H19N3O2. The van der Waals surface area contributed by atoms with Crippen molar-refractivity contribution in [2.45, 2.75) is 46.0 Å². The Kier molecular flexibility index (Phi) is 4.95. The highest BCUT2D eigenvalue weighted by molar-refractivity contribution is 5.76. The number of rotatable bonds is 6. The number of esters is 1. The van der Waals surface area contributed by atoms with Gasteiger partial charge in [0.2, 0.25) is 0 Å². The van der Waals surface area contributed by atoms with Crippen LogP contribution < -0.4 is 0 Å². The quantitative estimate of drug-likeness (QED) is 0.750. The van der Waals surface area contributed by atoms with Crippen molar-refractivity contribution >= 4 is 5.97 Å². The molecule has 1 atom stereocenters. The summed E-state index contributed by atoms with van der Waals surface area (Å²) < 4.78 is 5.02. The van der Waals surface area contributed by atoms with Crippen LogP contribution >= 0.6 is 0 Å². The Bertz CT molecular complexity index is 336. The van der Waals surface area contributed by atoms with Gasteiger partial charge in [0, 0.05) is 6.42 Å². The van der Waals surface area contributed by atoms with Crippen molar-refractivity contribution in [1.82, 2.24) is 15.2 Å². The van der Waals surface area contributed by atoms with Gasteiger partial charge in [-0.1, -0.05) is 20.3 Å². The maximum absolute atomic E-state index is 11.7. The molecule has 1 aromatic rings. The lowest BCUT2D eigenvalue weighted by atomic mass is 10.0. The van der Waals surface area contributed by atoms with Gasteiger partial charge in [-0.05, 0) is 13.3 Å². The largest absolute Gasteiger partial charge is 0.465 e. The minimum Gasteiger partial charge on any atom is -0.465 e. The Balaban J connectivity index is 2.79. The standard InChI is InChI=1S/C11H19N3O2/c1-4-7-8(11(15)16-6-3)10-12-9(5-2)13-14-10/h8H,4-7H2,1-3H3,(H,12,13,14). The smallest absolute Gasteiger partial charge is 0.316 e. The molecule has 16 heavy (non-hydrogen) atoms. The number of nitrogens with zero attached hydrogens (tertiary/aromatic N) is 2. The van der Waals surface area contributed by atoms with E-state index in [-0.39, 0.29) is 11.9 Å². The van der Waals surface area contributed by atoms with E-state index >= 15 is 0 Å². The lowest BCUT2D eigenvalue weighted by molar-refractivity contribution is -0.145. The van der Waals surface area contributed by atoms with Gasteiger partial charge in [0.1, 0.15) is 11.7 Å². The van der Waals surface area contributed by atoms with Crippen LogP contribution in [0.25, 0.3) is 0 Å². The number of hydrogen-bond donors (Lipinski definition) is 1. The fourth-order valence-electron chi connectivity index (χ4n) is 1.51. The third-order valence-electron chi connectivity index (χ3n) is 2.34. The van der Waals surface area contributed by atoms with Gasteiger partial charge in [0.25, 0.3) is 0 Å². The number of nitrogens with one attached hydrogen (secondary N) is 1. The van der Waals surface area contributed by atoms with Crippen LogP contribution in [0.4, 0.5) is 0 Å². The van der Waals surface area contributed by atoms with E-state index in [4.69, 9.17) is 4.74 Å². The molecule has 0 amide bonds. The first-order valence-corrected chi connectivity index (χ1v) is 5.80. The summed E-state index contributed by atoms with van der Waals surface area (Å²) in [5, 5.41) is 6.89. The van der Waals surface area contributed by atoms with E-state index in [1.165, 1.54) is 0 Å². The Hall–Kier alpha value is -1.39. The van der Waals surface area contributed by atoms with E-state index in [0.29, 0.717) is 12.4 Å². The lowest BCUT2D eigenvalue weighted by Gasteiger charge is -2.10. The number of aromatic nitrogens is 3. The molecule has 1 rings (SSSR count). The Labute approximate surface area is 95.6 Å². The molecule has 5 nitrogen and oxygen atoms in total. The minimum atomic E-state index is -0.332.